The molecule has 5 heteroatoms. The minimum Gasteiger partial charge on any atom is -0.497 e. The van der Waals surface area contributed by atoms with Crippen molar-refractivity contribution in [3.05, 3.63) is 48.4 Å². The maximum atomic E-state index is 5.70. The number of aromatic nitrogens is 2. The van der Waals surface area contributed by atoms with Gasteiger partial charge in [0.1, 0.15) is 5.75 Å². The molecule has 2 heterocycles. The Morgan fingerprint density at radius 1 is 1.32 bits per heavy atom. The van der Waals surface area contributed by atoms with Crippen LogP contribution in [-0.4, -0.2) is 41.7 Å². The second-order valence-electron chi connectivity index (χ2n) is 5.60. The summed E-state index contributed by atoms with van der Waals surface area (Å²) in [5, 5.41) is 0. The Kier molecular flexibility index (Phi) is 4.85. The van der Waals surface area contributed by atoms with Crippen molar-refractivity contribution in [3.8, 4) is 11.6 Å². The van der Waals surface area contributed by atoms with Gasteiger partial charge in [-0.15, -0.1) is 0 Å². The normalized spacial score (nSPS) is 18.3. The maximum absolute atomic E-state index is 5.70. The van der Waals surface area contributed by atoms with Crippen molar-refractivity contribution in [2.24, 2.45) is 5.92 Å². The molecule has 22 heavy (non-hydrogen) atoms. The quantitative estimate of drug-likeness (QED) is 0.819. The van der Waals surface area contributed by atoms with Crippen LogP contribution >= 0.6 is 0 Å². The van der Waals surface area contributed by atoms with Gasteiger partial charge in [0, 0.05) is 31.4 Å². The van der Waals surface area contributed by atoms with Crippen LogP contribution in [0.25, 0.3) is 0 Å². The Morgan fingerprint density at radius 3 is 3.09 bits per heavy atom. The minimum atomic E-state index is 0.549. The zero-order chi connectivity index (χ0) is 15.2. The third-order valence-electron chi connectivity index (χ3n) is 3.92. The molecule has 0 N–H and O–H groups in total. The van der Waals surface area contributed by atoms with Gasteiger partial charge in [-0.1, -0.05) is 12.1 Å². The lowest BCUT2D eigenvalue weighted by atomic mass is 10.1. The molecule has 1 fully saturated rings. The maximum Gasteiger partial charge on any atom is 0.232 e. The van der Waals surface area contributed by atoms with Crippen molar-refractivity contribution >= 4 is 0 Å². The predicted octanol–water partition coefficient (Wildman–Crippen LogP) is 2.39. The Bertz CT molecular complexity index is 591. The molecular formula is C17H21N3O2. The SMILES string of the molecule is COc1cccc(CN2CCC(COc3cnccn3)C2)c1. The number of nitrogens with zero attached hydrogens (tertiary/aromatic N) is 3. The Morgan fingerprint density at radius 2 is 2.27 bits per heavy atom. The molecule has 1 aromatic carbocycles. The van der Waals surface area contributed by atoms with Gasteiger partial charge in [0.2, 0.25) is 5.88 Å². The van der Waals surface area contributed by atoms with Crippen LogP contribution in [0.2, 0.25) is 0 Å². The number of benzene rings is 1. The first-order valence-corrected chi connectivity index (χ1v) is 7.57. The summed E-state index contributed by atoms with van der Waals surface area (Å²) in [4.78, 5) is 10.6. The highest BCUT2D eigenvalue weighted by molar-refractivity contribution is 5.28. The van der Waals surface area contributed by atoms with Gasteiger partial charge in [0.05, 0.1) is 19.9 Å². The fourth-order valence-corrected chi connectivity index (χ4v) is 2.78. The zero-order valence-electron chi connectivity index (χ0n) is 12.8. The largest absolute Gasteiger partial charge is 0.497 e. The molecule has 5 nitrogen and oxygen atoms in total. The molecule has 1 aliphatic rings. The van der Waals surface area contributed by atoms with E-state index in [0.29, 0.717) is 18.4 Å². The first-order valence-electron chi connectivity index (χ1n) is 7.57. The second-order valence-corrected chi connectivity index (χ2v) is 5.60. The predicted molar refractivity (Wildman–Crippen MR) is 83.9 cm³/mol. The van der Waals surface area contributed by atoms with E-state index >= 15 is 0 Å². The first-order chi connectivity index (χ1) is 10.8. The van der Waals surface area contributed by atoms with Crippen molar-refractivity contribution in [1.82, 2.24) is 14.9 Å². The Labute approximate surface area is 130 Å². The molecule has 3 rings (SSSR count). The number of rotatable bonds is 6. The van der Waals surface area contributed by atoms with Crippen LogP contribution in [0.5, 0.6) is 11.6 Å². The van der Waals surface area contributed by atoms with Crippen molar-refractivity contribution in [1.29, 1.82) is 0 Å². The van der Waals surface area contributed by atoms with Gasteiger partial charge in [-0.2, -0.15) is 0 Å². The monoisotopic (exact) mass is 299 g/mol. The van der Waals surface area contributed by atoms with Crippen LogP contribution in [0.1, 0.15) is 12.0 Å². The number of likely N-dealkylation sites (tertiary alicyclic amines) is 1. The van der Waals surface area contributed by atoms with Gasteiger partial charge in [-0.05, 0) is 30.7 Å². The number of hydrogen-bond donors (Lipinski definition) is 0. The lowest BCUT2D eigenvalue weighted by Gasteiger charge is -2.16. The highest BCUT2D eigenvalue weighted by Gasteiger charge is 2.23. The average Bonchev–Trinajstić information content (AvgIpc) is 3.01. The summed E-state index contributed by atoms with van der Waals surface area (Å²) in [7, 11) is 1.70. The van der Waals surface area contributed by atoms with Crippen molar-refractivity contribution in [2.45, 2.75) is 13.0 Å². The molecule has 1 aliphatic heterocycles. The summed E-state index contributed by atoms with van der Waals surface area (Å²) in [6.07, 6.45) is 6.12. The van der Waals surface area contributed by atoms with E-state index < -0.39 is 0 Å². The molecule has 0 aliphatic carbocycles. The second kappa shape index (κ2) is 7.22. The van der Waals surface area contributed by atoms with Crippen LogP contribution in [-0.2, 0) is 6.54 Å². The van der Waals surface area contributed by atoms with Gasteiger partial charge in [0.15, 0.2) is 0 Å². The van der Waals surface area contributed by atoms with Gasteiger partial charge in [-0.25, -0.2) is 4.98 Å². The van der Waals surface area contributed by atoms with Gasteiger partial charge < -0.3 is 9.47 Å². The van der Waals surface area contributed by atoms with Gasteiger partial charge >= 0.3 is 0 Å². The Hall–Kier alpha value is -2.14. The van der Waals surface area contributed by atoms with E-state index in [-0.39, 0.29) is 0 Å². The van der Waals surface area contributed by atoms with Crippen molar-refractivity contribution in [2.75, 3.05) is 26.8 Å². The summed E-state index contributed by atoms with van der Waals surface area (Å²) in [5.74, 6) is 2.07. The molecule has 116 valence electrons. The van der Waals surface area contributed by atoms with Crippen LogP contribution in [0.3, 0.4) is 0 Å². The zero-order valence-corrected chi connectivity index (χ0v) is 12.8. The molecule has 0 radical (unpaired) electrons. The molecule has 1 aromatic heterocycles. The third-order valence-corrected chi connectivity index (χ3v) is 3.92. The molecule has 0 spiro atoms. The number of hydrogen-bond acceptors (Lipinski definition) is 5. The van der Waals surface area contributed by atoms with E-state index in [1.54, 1.807) is 25.7 Å². The molecule has 1 unspecified atom stereocenters. The van der Waals surface area contributed by atoms with Gasteiger partial charge in [0.25, 0.3) is 0 Å². The van der Waals surface area contributed by atoms with Crippen LogP contribution in [0, 0.1) is 5.92 Å². The molecule has 1 atom stereocenters. The summed E-state index contributed by atoms with van der Waals surface area (Å²) in [6, 6.07) is 8.26. The molecule has 0 bridgehead atoms. The van der Waals surface area contributed by atoms with Crippen molar-refractivity contribution in [3.63, 3.8) is 0 Å². The first kappa shape index (κ1) is 14.8. The van der Waals surface area contributed by atoms with E-state index in [0.717, 1.165) is 31.8 Å². The fourth-order valence-electron chi connectivity index (χ4n) is 2.78. The van der Waals surface area contributed by atoms with E-state index in [9.17, 15) is 0 Å². The Balaban J connectivity index is 1.47. The van der Waals surface area contributed by atoms with E-state index in [1.807, 2.05) is 12.1 Å². The highest BCUT2D eigenvalue weighted by Crippen LogP contribution is 2.21. The minimum absolute atomic E-state index is 0.549. The summed E-state index contributed by atoms with van der Waals surface area (Å²) < 4.78 is 11.0. The van der Waals surface area contributed by atoms with E-state index in [1.165, 1.54) is 5.56 Å². The third kappa shape index (κ3) is 3.95. The molecule has 0 saturated carbocycles. The van der Waals surface area contributed by atoms with E-state index in [4.69, 9.17) is 9.47 Å². The standard InChI is InChI=1S/C17H21N3O2/c1-21-16-4-2-3-14(9-16)11-20-8-5-15(12-20)13-22-17-10-18-6-7-19-17/h2-4,6-7,9-10,15H,5,8,11-13H2,1H3. The van der Waals surface area contributed by atoms with Crippen LogP contribution < -0.4 is 9.47 Å². The number of ether oxygens (including phenoxy) is 2. The number of methoxy groups -OCH3 is 1. The topological polar surface area (TPSA) is 47.5 Å². The summed E-state index contributed by atoms with van der Waals surface area (Å²) >= 11 is 0. The lowest BCUT2D eigenvalue weighted by molar-refractivity contribution is 0.231. The molecule has 2 aromatic rings. The molecule has 1 saturated heterocycles. The van der Waals surface area contributed by atoms with Crippen molar-refractivity contribution < 1.29 is 9.47 Å². The molecule has 0 amide bonds. The smallest absolute Gasteiger partial charge is 0.232 e. The summed E-state index contributed by atoms with van der Waals surface area (Å²) in [6.45, 7) is 3.81. The average molecular weight is 299 g/mol. The lowest BCUT2D eigenvalue weighted by Crippen LogP contribution is -2.22. The van der Waals surface area contributed by atoms with Gasteiger partial charge in [-0.3, -0.25) is 9.88 Å². The molecular weight excluding hydrogens is 278 g/mol. The van der Waals surface area contributed by atoms with Crippen LogP contribution in [0.4, 0.5) is 0 Å². The highest BCUT2D eigenvalue weighted by atomic mass is 16.5. The van der Waals surface area contributed by atoms with E-state index in [2.05, 4.69) is 27.0 Å². The van der Waals surface area contributed by atoms with Crippen LogP contribution in [0.15, 0.2) is 42.9 Å². The summed E-state index contributed by atoms with van der Waals surface area (Å²) in [5.41, 5.74) is 1.29. The fraction of sp³-hybridized carbons (Fsp3) is 0.412.